The van der Waals surface area contributed by atoms with E-state index in [0.717, 1.165) is 22.0 Å². The van der Waals surface area contributed by atoms with Crippen molar-refractivity contribution in [2.24, 2.45) is 5.92 Å². The van der Waals surface area contributed by atoms with Crippen molar-refractivity contribution in [2.75, 3.05) is 32.7 Å². The summed E-state index contributed by atoms with van der Waals surface area (Å²) < 4.78 is 43.3. The lowest BCUT2D eigenvalue weighted by atomic mass is 9.96. The summed E-state index contributed by atoms with van der Waals surface area (Å²) in [5, 5.41) is 3.11. The third-order valence-corrected chi connectivity index (χ3v) is 7.82. The average Bonchev–Trinajstić information content (AvgIpc) is 2.91. The molecule has 198 valence electrons. The van der Waals surface area contributed by atoms with Crippen LogP contribution in [0.15, 0.2) is 71.6 Å². The van der Waals surface area contributed by atoms with Crippen LogP contribution in [0.1, 0.15) is 42.2 Å². The molecule has 0 aliphatic carbocycles. The van der Waals surface area contributed by atoms with Gasteiger partial charge in [0.2, 0.25) is 0 Å². The van der Waals surface area contributed by atoms with Crippen LogP contribution in [0.25, 0.3) is 0 Å². The van der Waals surface area contributed by atoms with E-state index < -0.39 is 10.0 Å². The topological polar surface area (TPSA) is 94.2 Å². The summed E-state index contributed by atoms with van der Waals surface area (Å²) >= 11 is 0. The maximum Gasteiger partial charge on any atom is 0.264 e. The number of carbonyl (C=O) groups is 1. The van der Waals surface area contributed by atoms with Gasteiger partial charge in [-0.25, -0.2) is 8.42 Å². The van der Waals surface area contributed by atoms with E-state index in [2.05, 4.69) is 19.2 Å². The molecule has 3 aromatic rings. The zero-order valence-corrected chi connectivity index (χ0v) is 22.8. The van der Waals surface area contributed by atoms with Crippen LogP contribution in [0.3, 0.4) is 0 Å². The van der Waals surface area contributed by atoms with Gasteiger partial charge in [0.25, 0.3) is 15.9 Å². The molecule has 0 fully saturated rings. The number of sulfonamides is 1. The number of rotatable bonds is 11. The van der Waals surface area contributed by atoms with Crippen LogP contribution >= 0.6 is 0 Å². The Morgan fingerprint density at radius 1 is 0.865 bits per heavy atom. The Labute approximate surface area is 219 Å². The molecule has 0 saturated carbocycles. The number of nitrogens with one attached hydrogen (secondary N) is 1. The first-order valence-electron chi connectivity index (χ1n) is 11.9. The van der Waals surface area contributed by atoms with E-state index in [1.54, 1.807) is 37.4 Å². The van der Waals surface area contributed by atoms with E-state index in [0.29, 0.717) is 28.7 Å². The van der Waals surface area contributed by atoms with E-state index in [-0.39, 0.29) is 16.8 Å². The maximum atomic E-state index is 13.2. The second-order valence-corrected chi connectivity index (χ2v) is 10.9. The van der Waals surface area contributed by atoms with Gasteiger partial charge in [-0.05, 0) is 66.4 Å². The summed E-state index contributed by atoms with van der Waals surface area (Å²) in [6, 6.07) is 18.3. The third-order valence-electron chi connectivity index (χ3n) is 6.04. The smallest absolute Gasteiger partial charge is 0.264 e. The number of methoxy groups -OCH3 is 3. The van der Waals surface area contributed by atoms with Gasteiger partial charge in [0.1, 0.15) is 5.75 Å². The Hall–Kier alpha value is -3.72. The van der Waals surface area contributed by atoms with Crippen LogP contribution in [0.2, 0.25) is 0 Å². The van der Waals surface area contributed by atoms with Crippen LogP contribution in [-0.4, -0.2) is 42.7 Å². The Bertz CT molecular complexity index is 1310. The first-order valence-corrected chi connectivity index (χ1v) is 13.3. The number of nitrogens with zero attached hydrogens (tertiary/aromatic N) is 1. The molecular weight excluding hydrogens is 492 g/mol. The molecule has 0 aromatic heterocycles. The van der Waals surface area contributed by atoms with Crippen LogP contribution in [0.4, 0.5) is 5.69 Å². The third kappa shape index (κ3) is 6.54. The molecule has 0 heterocycles. The largest absolute Gasteiger partial charge is 0.497 e. The molecule has 1 amide bonds. The van der Waals surface area contributed by atoms with Crippen molar-refractivity contribution >= 4 is 21.6 Å². The summed E-state index contributed by atoms with van der Waals surface area (Å²) in [7, 11) is 2.14. The average molecular weight is 527 g/mol. The minimum Gasteiger partial charge on any atom is -0.497 e. The number of hydrogen-bond donors (Lipinski definition) is 1. The van der Waals surface area contributed by atoms with Crippen molar-refractivity contribution in [3.63, 3.8) is 0 Å². The second kappa shape index (κ2) is 12.0. The summed E-state index contributed by atoms with van der Waals surface area (Å²) in [5.41, 5.74) is 1.84. The molecule has 1 N–H and O–H groups in total. The normalized spacial score (nSPS) is 12.1. The van der Waals surface area contributed by atoms with Gasteiger partial charge < -0.3 is 19.5 Å². The molecule has 0 aliphatic heterocycles. The summed E-state index contributed by atoms with van der Waals surface area (Å²) in [5.74, 6) is 1.63. The van der Waals surface area contributed by atoms with E-state index in [4.69, 9.17) is 14.2 Å². The van der Waals surface area contributed by atoms with Crippen LogP contribution in [-0.2, 0) is 10.0 Å². The lowest BCUT2D eigenvalue weighted by Gasteiger charge is -2.22. The van der Waals surface area contributed by atoms with Gasteiger partial charge in [0.15, 0.2) is 11.5 Å². The molecule has 0 saturated heterocycles. The summed E-state index contributed by atoms with van der Waals surface area (Å²) in [6.07, 6.45) is 0.766. The first-order chi connectivity index (χ1) is 17.6. The highest BCUT2D eigenvalue weighted by Gasteiger charge is 2.24. The molecule has 0 aliphatic rings. The number of benzene rings is 3. The molecule has 0 radical (unpaired) electrons. The molecular formula is C28H34N2O6S. The zero-order valence-electron chi connectivity index (χ0n) is 22.0. The fourth-order valence-electron chi connectivity index (χ4n) is 3.92. The lowest BCUT2D eigenvalue weighted by Crippen LogP contribution is -2.30. The van der Waals surface area contributed by atoms with E-state index >= 15 is 0 Å². The monoisotopic (exact) mass is 526 g/mol. The molecule has 3 rings (SSSR count). The van der Waals surface area contributed by atoms with Crippen molar-refractivity contribution in [2.45, 2.75) is 31.2 Å². The molecule has 0 spiro atoms. The molecule has 8 nitrogen and oxygen atoms in total. The van der Waals surface area contributed by atoms with Crippen LogP contribution in [0.5, 0.6) is 17.2 Å². The molecule has 1 unspecified atom stereocenters. The van der Waals surface area contributed by atoms with Gasteiger partial charge >= 0.3 is 0 Å². The highest BCUT2D eigenvalue weighted by atomic mass is 32.2. The predicted octanol–water partition coefficient (Wildman–Crippen LogP) is 5.05. The maximum absolute atomic E-state index is 13.2. The van der Waals surface area contributed by atoms with Crippen molar-refractivity contribution < 1.29 is 27.4 Å². The van der Waals surface area contributed by atoms with E-state index in [9.17, 15) is 13.2 Å². The fraction of sp³-hybridized carbons (Fsp3) is 0.321. The van der Waals surface area contributed by atoms with Gasteiger partial charge in [-0.2, -0.15) is 0 Å². The highest BCUT2D eigenvalue weighted by Crippen LogP contribution is 2.32. The fourth-order valence-corrected chi connectivity index (χ4v) is 5.14. The Balaban J connectivity index is 1.79. The second-order valence-electron chi connectivity index (χ2n) is 8.96. The number of ether oxygens (including phenoxy) is 3. The predicted molar refractivity (Wildman–Crippen MR) is 144 cm³/mol. The van der Waals surface area contributed by atoms with Gasteiger partial charge in [-0.1, -0.05) is 26.0 Å². The van der Waals surface area contributed by atoms with Crippen molar-refractivity contribution in [1.29, 1.82) is 0 Å². The SMILES string of the molecule is COc1ccc(C(CC(C)C)NC(=O)c2ccc(N(C)S(=O)(=O)c3ccc(OC)c(OC)c3)cc2)cc1. The van der Waals surface area contributed by atoms with Crippen molar-refractivity contribution in [3.05, 3.63) is 77.9 Å². The van der Waals surface area contributed by atoms with Crippen LogP contribution in [0, 0.1) is 5.92 Å². The van der Waals surface area contributed by atoms with Gasteiger partial charge in [-0.15, -0.1) is 0 Å². The van der Waals surface area contributed by atoms with E-state index in [1.165, 1.54) is 33.4 Å². The Morgan fingerprint density at radius 3 is 2.03 bits per heavy atom. The van der Waals surface area contributed by atoms with Gasteiger partial charge in [0.05, 0.1) is 38.0 Å². The summed E-state index contributed by atoms with van der Waals surface area (Å²) in [4.78, 5) is 13.1. The minimum atomic E-state index is -3.87. The molecule has 0 bridgehead atoms. The number of hydrogen-bond acceptors (Lipinski definition) is 6. The Morgan fingerprint density at radius 2 is 1.49 bits per heavy atom. The molecule has 3 aromatic carbocycles. The van der Waals surface area contributed by atoms with Crippen molar-refractivity contribution in [3.8, 4) is 17.2 Å². The van der Waals surface area contributed by atoms with Crippen LogP contribution < -0.4 is 23.8 Å². The van der Waals surface area contributed by atoms with Gasteiger partial charge in [-0.3, -0.25) is 9.10 Å². The molecule has 37 heavy (non-hydrogen) atoms. The quantitative estimate of drug-likeness (QED) is 0.376. The standard InChI is InChI=1S/C28H34N2O6S/c1-19(2)17-25(20-9-13-23(34-4)14-10-20)29-28(31)21-7-11-22(12-8-21)30(3)37(32,33)24-15-16-26(35-5)27(18-24)36-6/h7-16,18-19,25H,17H2,1-6H3,(H,29,31). The van der Waals surface area contributed by atoms with Crippen molar-refractivity contribution in [1.82, 2.24) is 5.32 Å². The lowest BCUT2D eigenvalue weighted by molar-refractivity contribution is 0.0932. The summed E-state index contributed by atoms with van der Waals surface area (Å²) in [6.45, 7) is 4.21. The number of amides is 1. The highest BCUT2D eigenvalue weighted by molar-refractivity contribution is 7.92. The molecule has 9 heteroatoms. The minimum absolute atomic E-state index is 0.0606. The van der Waals surface area contributed by atoms with E-state index in [1.807, 2.05) is 24.3 Å². The first kappa shape index (κ1) is 27.9. The van der Waals surface area contributed by atoms with Gasteiger partial charge in [0, 0.05) is 18.7 Å². The zero-order chi connectivity index (χ0) is 27.2. The number of carbonyl (C=O) groups excluding carboxylic acids is 1. The number of anilines is 1. The molecule has 1 atom stereocenters. The Kier molecular flexibility index (Phi) is 9.04.